The summed E-state index contributed by atoms with van der Waals surface area (Å²) < 4.78 is 17.6. The molecule has 0 radical (unpaired) electrons. The first-order valence-corrected chi connectivity index (χ1v) is 8.37. The molecule has 1 aliphatic heterocycles. The van der Waals surface area contributed by atoms with Crippen molar-refractivity contribution in [1.29, 1.82) is 0 Å². The summed E-state index contributed by atoms with van der Waals surface area (Å²) in [5.41, 5.74) is 2.16. The van der Waals surface area contributed by atoms with Crippen molar-refractivity contribution < 1.29 is 18.7 Å². The van der Waals surface area contributed by atoms with Crippen LogP contribution in [0.15, 0.2) is 22.6 Å². The van der Waals surface area contributed by atoms with Gasteiger partial charge in [-0.2, -0.15) is 0 Å². The smallest absolute Gasteiger partial charge is 0.259 e. The molecule has 5 nitrogen and oxygen atoms in total. The van der Waals surface area contributed by atoms with Crippen LogP contribution < -0.4 is 14.8 Å². The van der Waals surface area contributed by atoms with Gasteiger partial charge in [0.25, 0.3) is 11.7 Å². The van der Waals surface area contributed by atoms with Crippen LogP contribution in [0.1, 0.15) is 53.1 Å². The fourth-order valence-electron chi connectivity index (χ4n) is 3.61. The number of ether oxygens (including phenoxy) is 2. The predicted molar refractivity (Wildman–Crippen MR) is 89.8 cm³/mol. The standard InChI is InChI=1S/C19H21NO4/c1-11-12(2)22-13(3)17(11)18(21)20-14-6-7-15-16(10-14)24-19(23-15)8-4-5-9-19/h6-7,10H,4-5,8-9H2,1-3H3,(H,20,21). The molecule has 1 N–H and O–H groups in total. The topological polar surface area (TPSA) is 60.7 Å². The molecule has 0 atom stereocenters. The molecule has 0 saturated heterocycles. The van der Waals surface area contributed by atoms with Crippen LogP contribution in [0.3, 0.4) is 0 Å². The zero-order valence-electron chi connectivity index (χ0n) is 14.2. The summed E-state index contributed by atoms with van der Waals surface area (Å²) >= 11 is 0. The maximum absolute atomic E-state index is 12.6. The largest absolute Gasteiger partial charge is 0.466 e. The van der Waals surface area contributed by atoms with E-state index in [0.29, 0.717) is 22.8 Å². The molecule has 1 aromatic heterocycles. The van der Waals surface area contributed by atoms with Crippen LogP contribution in [-0.2, 0) is 0 Å². The van der Waals surface area contributed by atoms with Gasteiger partial charge in [-0.25, -0.2) is 0 Å². The van der Waals surface area contributed by atoms with E-state index in [1.165, 1.54) is 0 Å². The molecule has 0 unspecified atom stereocenters. The van der Waals surface area contributed by atoms with Crippen molar-refractivity contribution in [1.82, 2.24) is 0 Å². The number of nitrogens with one attached hydrogen (secondary N) is 1. The fraction of sp³-hybridized carbons (Fsp3) is 0.421. The average Bonchev–Trinajstić information content (AvgIpc) is 3.19. The zero-order valence-corrected chi connectivity index (χ0v) is 14.2. The number of amides is 1. The Labute approximate surface area is 140 Å². The minimum Gasteiger partial charge on any atom is -0.466 e. The number of carbonyl (C=O) groups is 1. The molecule has 24 heavy (non-hydrogen) atoms. The summed E-state index contributed by atoms with van der Waals surface area (Å²) in [5.74, 6) is 2.20. The Hall–Kier alpha value is -2.43. The van der Waals surface area contributed by atoms with E-state index in [-0.39, 0.29) is 5.91 Å². The molecule has 2 heterocycles. The maximum Gasteiger partial charge on any atom is 0.259 e. The molecule has 5 heteroatoms. The summed E-state index contributed by atoms with van der Waals surface area (Å²) in [5, 5.41) is 2.93. The number of rotatable bonds is 2. The predicted octanol–water partition coefficient (Wildman–Crippen LogP) is 4.50. The first-order valence-electron chi connectivity index (χ1n) is 8.37. The van der Waals surface area contributed by atoms with Gasteiger partial charge >= 0.3 is 0 Å². The van der Waals surface area contributed by atoms with Crippen molar-refractivity contribution in [3.63, 3.8) is 0 Å². The van der Waals surface area contributed by atoms with Gasteiger partial charge in [-0.3, -0.25) is 4.79 Å². The Morgan fingerprint density at radius 1 is 1.04 bits per heavy atom. The summed E-state index contributed by atoms with van der Waals surface area (Å²) in [4.78, 5) is 12.6. The Kier molecular flexibility index (Phi) is 3.34. The highest BCUT2D eigenvalue weighted by Crippen LogP contribution is 2.47. The van der Waals surface area contributed by atoms with Crippen molar-refractivity contribution >= 4 is 11.6 Å². The van der Waals surface area contributed by atoms with Crippen LogP contribution in [0.2, 0.25) is 0 Å². The molecule has 4 rings (SSSR count). The number of benzene rings is 1. The van der Waals surface area contributed by atoms with Gasteiger partial charge < -0.3 is 19.2 Å². The Bertz CT molecular complexity index is 815. The Balaban J connectivity index is 1.56. The van der Waals surface area contributed by atoms with Crippen molar-refractivity contribution in [2.24, 2.45) is 0 Å². The first kappa shape index (κ1) is 15.1. The summed E-state index contributed by atoms with van der Waals surface area (Å²) in [6.45, 7) is 5.56. The van der Waals surface area contributed by atoms with Crippen LogP contribution in [0, 0.1) is 20.8 Å². The lowest BCUT2D eigenvalue weighted by Crippen LogP contribution is -2.34. The maximum atomic E-state index is 12.6. The van der Waals surface area contributed by atoms with Crippen LogP contribution >= 0.6 is 0 Å². The molecule has 2 aromatic rings. The fourth-order valence-corrected chi connectivity index (χ4v) is 3.61. The van der Waals surface area contributed by atoms with E-state index < -0.39 is 5.79 Å². The zero-order chi connectivity index (χ0) is 16.9. The number of anilines is 1. The Morgan fingerprint density at radius 2 is 1.75 bits per heavy atom. The lowest BCUT2D eigenvalue weighted by Gasteiger charge is -2.21. The van der Waals surface area contributed by atoms with Crippen molar-refractivity contribution in [2.45, 2.75) is 52.2 Å². The number of hydrogen-bond acceptors (Lipinski definition) is 4. The molecule has 1 spiro atoms. The van der Waals surface area contributed by atoms with Gasteiger partial charge in [0.05, 0.1) is 5.56 Å². The highest BCUT2D eigenvalue weighted by molar-refractivity contribution is 6.06. The van der Waals surface area contributed by atoms with Gasteiger partial charge in [-0.1, -0.05) is 0 Å². The van der Waals surface area contributed by atoms with Gasteiger partial charge in [0.2, 0.25) is 0 Å². The van der Waals surface area contributed by atoms with Crippen LogP contribution in [-0.4, -0.2) is 11.7 Å². The first-order chi connectivity index (χ1) is 11.5. The summed E-state index contributed by atoms with van der Waals surface area (Å²) in [7, 11) is 0. The van der Waals surface area contributed by atoms with Gasteiger partial charge in [0.15, 0.2) is 11.5 Å². The number of hydrogen-bond donors (Lipinski definition) is 1. The molecule has 0 bridgehead atoms. The third-order valence-corrected chi connectivity index (χ3v) is 4.95. The quantitative estimate of drug-likeness (QED) is 0.882. The highest BCUT2D eigenvalue weighted by Gasteiger charge is 2.44. The normalized spacial score (nSPS) is 17.5. The highest BCUT2D eigenvalue weighted by atomic mass is 16.7. The number of carbonyl (C=O) groups excluding carboxylic acids is 1. The average molecular weight is 327 g/mol. The third-order valence-electron chi connectivity index (χ3n) is 4.95. The van der Waals surface area contributed by atoms with E-state index >= 15 is 0 Å². The molecule has 1 aliphatic carbocycles. The molecule has 1 amide bonds. The second-order valence-electron chi connectivity index (χ2n) is 6.65. The van der Waals surface area contributed by atoms with Gasteiger partial charge in [0, 0.05) is 30.2 Å². The molecule has 1 fully saturated rings. The van der Waals surface area contributed by atoms with Crippen LogP contribution in [0.4, 0.5) is 5.69 Å². The van der Waals surface area contributed by atoms with Crippen molar-refractivity contribution in [3.8, 4) is 11.5 Å². The van der Waals surface area contributed by atoms with Crippen LogP contribution in [0.5, 0.6) is 11.5 Å². The monoisotopic (exact) mass is 327 g/mol. The van der Waals surface area contributed by atoms with Gasteiger partial charge in [-0.15, -0.1) is 0 Å². The second kappa shape index (κ2) is 5.30. The van der Waals surface area contributed by atoms with E-state index in [4.69, 9.17) is 13.9 Å². The SMILES string of the molecule is Cc1oc(C)c(C(=O)Nc2ccc3c(c2)OC2(CCCC2)O3)c1C. The lowest BCUT2D eigenvalue weighted by molar-refractivity contribution is -0.0716. The van der Waals surface area contributed by atoms with Crippen molar-refractivity contribution in [3.05, 3.63) is 40.8 Å². The molecule has 2 aliphatic rings. The summed E-state index contributed by atoms with van der Waals surface area (Å²) in [6.07, 6.45) is 4.07. The summed E-state index contributed by atoms with van der Waals surface area (Å²) in [6, 6.07) is 5.53. The molecule has 1 aromatic carbocycles. The van der Waals surface area contributed by atoms with E-state index in [1.54, 1.807) is 6.92 Å². The Morgan fingerprint density at radius 3 is 2.42 bits per heavy atom. The number of aryl methyl sites for hydroxylation is 2. The third kappa shape index (κ3) is 2.35. The van der Waals surface area contributed by atoms with E-state index in [9.17, 15) is 4.79 Å². The van der Waals surface area contributed by atoms with E-state index in [1.807, 2.05) is 32.0 Å². The van der Waals surface area contributed by atoms with Gasteiger partial charge in [-0.05, 0) is 45.7 Å². The van der Waals surface area contributed by atoms with Crippen LogP contribution in [0.25, 0.3) is 0 Å². The minimum absolute atomic E-state index is 0.170. The van der Waals surface area contributed by atoms with Crippen molar-refractivity contribution in [2.75, 3.05) is 5.32 Å². The van der Waals surface area contributed by atoms with E-state index in [2.05, 4.69) is 5.32 Å². The second-order valence-corrected chi connectivity index (χ2v) is 6.65. The molecule has 1 saturated carbocycles. The van der Waals surface area contributed by atoms with Gasteiger partial charge in [0.1, 0.15) is 11.5 Å². The minimum atomic E-state index is -0.486. The lowest BCUT2D eigenvalue weighted by atomic mass is 10.1. The molecular weight excluding hydrogens is 306 g/mol. The number of furan rings is 1. The molecule has 126 valence electrons. The number of fused-ring (bicyclic) bond motifs is 1. The van der Waals surface area contributed by atoms with E-state index in [0.717, 1.165) is 42.8 Å². The molecular formula is C19H21NO4.